The third-order valence-corrected chi connectivity index (χ3v) is 5.15. The van der Waals surface area contributed by atoms with E-state index in [1.807, 2.05) is 36.0 Å². The number of aliphatic carboxylic acids is 1. The summed E-state index contributed by atoms with van der Waals surface area (Å²) in [5.41, 5.74) is 1.54. The Labute approximate surface area is 122 Å². The van der Waals surface area contributed by atoms with E-state index in [9.17, 15) is 14.7 Å². The Balaban J connectivity index is 1.87. The van der Waals surface area contributed by atoms with Crippen LogP contribution in [0.25, 0.3) is 0 Å². The minimum atomic E-state index is -0.855. The zero-order valence-electron chi connectivity index (χ0n) is 11.1. The molecule has 5 heteroatoms. The molecule has 0 aromatic heterocycles. The molecule has 106 valence electrons. The number of thioether (sulfide) groups is 1. The van der Waals surface area contributed by atoms with Gasteiger partial charge >= 0.3 is 5.97 Å². The standard InChI is InChI=1S/C15H17NO3S/c17-14(10-5-7-20-8-6-10)16-9-12(15(18)19)11-3-1-2-4-13(11)16/h1-4,10,12H,5-9H2,(H,18,19). The first kappa shape index (κ1) is 13.5. The van der Waals surface area contributed by atoms with Crippen molar-refractivity contribution in [2.24, 2.45) is 5.92 Å². The van der Waals surface area contributed by atoms with Crippen LogP contribution in [0.2, 0.25) is 0 Å². The maximum atomic E-state index is 12.7. The van der Waals surface area contributed by atoms with E-state index in [4.69, 9.17) is 0 Å². The molecule has 20 heavy (non-hydrogen) atoms. The molecule has 1 aromatic carbocycles. The lowest BCUT2D eigenvalue weighted by Crippen LogP contribution is -2.37. The molecular formula is C15H17NO3S. The second-order valence-corrected chi connectivity index (χ2v) is 6.51. The number of carbonyl (C=O) groups is 2. The smallest absolute Gasteiger partial charge is 0.312 e. The van der Waals surface area contributed by atoms with Crippen molar-refractivity contribution in [3.8, 4) is 0 Å². The van der Waals surface area contributed by atoms with Gasteiger partial charge in [-0.25, -0.2) is 0 Å². The monoisotopic (exact) mass is 291 g/mol. The zero-order valence-corrected chi connectivity index (χ0v) is 11.9. The topological polar surface area (TPSA) is 57.6 Å². The van der Waals surface area contributed by atoms with E-state index in [-0.39, 0.29) is 18.4 Å². The molecule has 0 radical (unpaired) electrons. The van der Waals surface area contributed by atoms with Crippen LogP contribution in [0, 0.1) is 5.92 Å². The summed E-state index contributed by atoms with van der Waals surface area (Å²) in [6.07, 6.45) is 1.81. The molecule has 1 aromatic rings. The Morgan fingerprint density at radius 3 is 2.60 bits per heavy atom. The molecule has 0 aliphatic carbocycles. The van der Waals surface area contributed by atoms with Crippen LogP contribution in [0.4, 0.5) is 5.69 Å². The number of amides is 1. The highest BCUT2D eigenvalue weighted by Crippen LogP contribution is 2.38. The molecule has 2 aliphatic heterocycles. The summed E-state index contributed by atoms with van der Waals surface area (Å²) in [6, 6.07) is 7.37. The summed E-state index contributed by atoms with van der Waals surface area (Å²) >= 11 is 1.88. The van der Waals surface area contributed by atoms with Crippen molar-refractivity contribution in [3.05, 3.63) is 29.8 Å². The van der Waals surface area contributed by atoms with E-state index < -0.39 is 11.9 Å². The van der Waals surface area contributed by atoms with Crippen molar-refractivity contribution >= 4 is 29.3 Å². The summed E-state index contributed by atoms with van der Waals surface area (Å²) in [5.74, 6) is 0.751. The Morgan fingerprint density at radius 2 is 1.90 bits per heavy atom. The summed E-state index contributed by atoms with van der Waals surface area (Å²) in [7, 11) is 0. The van der Waals surface area contributed by atoms with Crippen molar-refractivity contribution in [3.63, 3.8) is 0 Å². The number of carboxylic acids is 1. The number of fused-ring (bicyclic) bond motifs is 1. The van der Waals surface area contributed by atoms with Crippen molar-refractivity contribution in [2.45, 2.75) is 18.8 Å². The Kier molecular flexibility index (Phi) is 3.70. The van der Waals surface area contributed by atoms with Crippen LogP contribution in [0.3, 0.4) is 0 Å². The third-order valence-electron chi connectivity index (χ3n) is 4.10. The van der Waals surface area contributed by atoms with Gasteiger partial charge in [0.05, 0.1) is 0 Å². The van der Waals surface area contributed by atoms with Crippen LogP contribution in [-0.2, 0) is 9.59 Å². The summed E-state index contributed by atoms with van der Waals surface area (Å²) in [5, 5.41) is 9.33. The van der Waals surface area contributed by atoms with Crippen molar-refractivity contribution in [1.29, 1.82) is 0 Å². The average molecular weight is 291 g/mol. The van der Waals surface area contributed by atoms with E-state index in [0.29, 0.717) is 0 Å². The van der Waals surface area contributed by atoms with Gasteiger partial charge in [-0.3, -0.25) is 9.59 Å². The fourth-order valence-corrected chi connectivity index (χ4v) is 4.10. The summed E-state index contributed by atoms with van der Waals surface area (Å²) in [6.45, 7) is 0.275. The van der Waals surface area contributed by atoms with E-state index in [2.05, 4.69) is 0 Å². The van der Waals surface area contributed by atoms with Crippen molar-refractivity contribution < 1.29 is 14.7 Å². The molecule has 2 heterocycles. The molecule has 2 aliphatic rings. The lowest BCUT2D eigenvalue weighted by atomic mass is 10.0. The first-order valence-corrected chi connectivity index (χ1v) is 8.05. The quantitative estimate of drug-likeness (QED) is 0.908. The van der Waals surface area contributed by atoms with Gasteiger partial charge in [-0.1, -0.05) is 18.2 Å². The molecular weight excluding hydrogens is 274 g/mol. The highest BCUT2D eigenvalue weighted by atomic mass is 32.2. The van der Waals surface area contributed by atoms with Gasteiger partial charge < -0.3 is 10.0 Å². The normalized spacial score (nSPS) is 22.6. The van der Waals surface area contributed by atoms with E-state index in [0.717, 1.165) is 35.6 Å². The molecule has 1 fully saturated rings. The van der Waals surface area contributed by atoms with Crippen LogP contribution < -0.4 is 4.90 Å². The molecule has 3 rings (SSSR count). The predicted molar refractivity (Wildman–Crippen MR) is 79.2 cm³/mol. The van der Waals surface area contributed by atoms with Gasteiger partial charge in [0.2, 0.25) is 5.91 Å². The average Bonchev–Trinajstić information content (AvgIpc) is 2.87. The number of carboxylic acid groups (broad SMARTS) is 1. The van der Waals surface area contributed by atoms with Gasteiger partial charge in [-0.05, 0) is 36.0 Å². The predicted octanol–water partition coefficient (Wildman–Crippen LogP) is 2.34. The first-order valence-electron chi connectivity index (χ1n) is 6.89. The maximum absolute atomic E-state index is 12.7. The lowest BCUT2D eigenvalue weighted by Gasteiger charge is -2.26. The number of hydrogen-bond acceptors (Lipinski definition) is 3. The van der Waals surface area contributed by atoms with Gasteiger partial charge in [-0.15, -0.1) is 0 Å². The van der Waals surface area contributed by atoms with Crippen LogP contribution >= 0.6 is 11.8 Å². The van der Waals surface area contributed by atoms with E-state index in [1.165, 1.54) is 0 Å². The van der Waals surface area contributed by atoms with Crippen LogP contribution in [-0.4, -0.2) is 35.0 Å². The Morgan fingerprint density at radius 1 is 1.20 bits per heavy atom. The van der Waals surface area contributed by atoms with Gasteiger partial charge in [0.1, 0.15) is 5.92 Å². The fraction of sp³-hybridized carbons (Fsp3) is 0.467. The van der Waals surface area contributed by atoms with E-state index in [1.54, 1.807) is 4.90 Å². The number of hydrogen-bond donors (Lipinski definition) is 1. The first-order chi connectivity index (χ1) is 9.68. The molecule has 4 nitrogen and oxygen atoms in total. The van der Waals surface area contributed by atoms with Crippen LogP contribution in [0.1, 0.15) is 24.3 Å². The SMILES string of the molecule is O=C(O)C1CN(C(=O)C2CCSCC2)c2ccccc21. The second-order valence-electron chi connectivity index (χ2n) is 5.29. The van der Waals surface area contributed by atoms with Crippen molar-refractivity contribution in [1.82, 2.24) is 0 Å². The number of benzene rings is 1. The van der Waals surface area contributed by atoms with Gasteiger partial charge in [0.25, 0.3) is 0 Å². The highest BCUT2D eigenvalue weighted by molar-refractivity contribution is 7.99. The molecule has 1 N–H and O–H groups in total. The lowest BCUT2D eigenvalue weighted by molar-refractivity contribution is -0.138. The molecule has 1 atom stereocenters. The number of rotatable bonds is 2. The number of para-hydroxylation sites is 1. The number of anilines is 1. The molecule has 0 saturated carbocycles. The van der Waals surface area contributed by atoms with Crippen LogP contribution in [0.5, 0.6) is 0 Å². The molecule has 1 saturated heterocycles. The molecule has 1 unspecified atom stereocenters. The number of carbonyl (C=O) groups excluding carboxylic acids is 1. The van der Waals surface area contributed by atoms with E-state index >= 15 is 0 Å². The molecule has 1 amide bonds. The third kappa shape index (κ3) is 2.30. The minimum Gasteiger partial charge on any atom is -0.481 e. The highest BCUT2D eigenvalue weighted by Gasteiger charge is 2.38. The van der Waals surface area contributed by atoms with Gasteiger partial charge in [0.15, 0.2) is 0 Å². The maximum Gasteiger partial charge on any atom is 0.312 e. The number of nitrogens with zero attached hydrogens (tertiary/aromatic N) is 1. The summed E-state index contributed by atoms with van der Waals surface area (Å²) in [4.78, 5) is 25.7. The zero-order chi connectivity index (χ0) is 14.1. The van der Waals surface area contributed by atoms with Gasteiger partial charge in [-0.2, -0.15) is 11.8 Å². The molecule has 0 spiro atoms. The van der Waals surface area contributed by atoms with Crippen molar-refractivity contribution in [2.75, 3.05) is 23.0 Å². The molecule has 0 bridgehead atoms. The minimum absolute atomic E-state index is 0.0526. The van der Waals surface area contributed by atoms with Crippen LogP contribution in [0.15, 0.2) is 24.3 Å². The summed E-state index contributed by atoms with van der Waals surface area (Å²) < 4.78 is 0. The second kappa shape index (κ2) is 5.48. The Hall–Kier alpha value is -1.49. The Bertz CT molecular complexity index is 540. The largest absolute Gasteiger partial charge is 0.481 e. The van der Waals surface area contributed by atoms with Gasteiger partial charge in [0, 0.05) is 18.2 Å². The fourth-order valence-electron chi connectivity index (χ4n) is 2.99.